The number of fused-ring (bicyclic) bond motifs is 1. The standard InChI is InChI=1S/C44H65N3O2/c1-7-13-29-45(30-14-8-2)38-23-19-36(20-24-38)44(37-21-25-39(26-22-37)46(31-15-9-3)32-16-10-4)42-28-27-40(35-41(42)43(48)49-44)47(33-17-11-5)34-18-12-6/h19-28,35H,7-18,29-34H2,1-6H3. The van der Waals surface area contributed by atoms with Gasteiger partial charge in [-0.05, 0) is 74.9 Å². The number of carbonyl (C=O) groups excluding carboxylic acids is 1. The SMILES string of the molecule is CCCCN(CCCC)c1ccc(C2(c3ccc(N(CCCC)CCCC)cc3)OC(=O)c3cc(N(CCCC)CCCC)ccc32)cc1. The third-order valence-electron chi connectivity index (χ3n) is 10.2. The molecular formula is C44H65N3O2. The number of benzene rings is 3. The molecule has 0 saturated heterocycles. The number of cyclic esters (lactones) is 1. The van der Waals surface area contributed by atoms with Gasteiger partial charge in [0.2, 0.25) is 0 Å². The first-order valence-corrected chi connectivity index (χ1v) is 19.8. The molecule has 0 aliphatic carbocycles. The predicted molar refractivity (Wildman–Crippen MR) is 211 cm³/mol. The minimum Gasteiger partial charge on any atom is -0.441 e. The van der Waals surface area contributed by atoms with Crippen molar-refractivity contribution in [2.45, 2.75) is 124 Å². The molecule has 3 aromatic rings. The summed E-state index contributed by atoms with van der Waals surface area (Å²) in [6, 6.07) is 24.3. The maximum absolute atomic E-state index is 14.0. The van der Waals surface area contributed by atoms with E-state index in [1.54, 1.807) is 0 Å². The number of esters is 1. The van der Waals surface area contributed by atoms with Crippen molar-refractivity contribution in [1.29, 1.82) is 0 Å². The van der Waals surface area contributed by atoms with Crippen LogP contribution in [0.2, 0.25) is 0 Å². The van der Waals surface area contributed by atoms with Crippen molar-refractivity contribution >= 4 is 23.0 Å². The fourth-order valence-electron chi connectivity index (χ4n) is 7.07. The van der Waals surface area contributed by atoms with Crippen LogP contribution in [-0.4, -0.2) is 45.2 Å². The molecule has 5 nitrogen and oxygen atoms in total. The van der Waals surface area contributed by atoms with Crippen LogP contribution in [-0.2, 0) is 10.3 Å². The Balaban J connectivity index is 1.81. The van der Waals surface area contributed by atoms with Crippen LogP contribution in [0.3, 0.4) is 0 Å². The summed E-state index contributed by atoms with van der Waals surface area (Å²) >= 11 is 0. The molecule has 0 atom stereocenters. The largest absolute Gasteiger partial charge is 0.441 e. The minimum atomic E-state index is -1.00. The van der Waals surface area contributed by atoms with E-state index >= 15 is 0 Å². The monoisotopic (exact) mass is 668 g/mol. The molecule has 4 rings (SSSR count). The zero-order valence-corrected chi connectivity index (χ0v) is 31.7. The minimum absolute atomic E-state index is 0.240. The molecule has 268 valence electrons. The van der Waals surface area contributed by atoms with Crippen molar-refractivity contribution in [2.24, 2.45) is 0 Å². The van der Waals surface area contributed by atoms with Gasteiger partial charge in [0.1, 0.15) is 0 Å². The van der Waals surface area contributed by atoms with Gasteiger partial charge in [-0.1, -0.05) is 110 Å². The zero-order valence-electron chi connectivity index (χ0n) is 31.7. The summed E-state index contributed by atoms with van der Waals surface area (Å²) in [5.41, 5.74) is 6.20. The van der Waals surface area contributed by atoms with Crippen molar-refractivity contribution in [3.05, 3.63) is 89.0 Å². The molecule has 0 spiro atoms. The summed E-state index contributed by atoms with van der Waals surface area (Å²) in [6.07, 6.45) is 14.0. The number of rotatable bonds is 23. The Morgan fingerprint density at radius 1 is 0.469 bits per heavy atom. The first-order valence-electron chi connectivity index (χ1n) is 19.8. The van der Waals surface area contributed by atoms with E-state index in [0.29, 0.717) is 5.56 Å². The quantitative estimate of drug-likeness (QED) is 0.0941. The maximum atomic E-state index is 14.0. The van der Waals surface area contributed by atoms with Crippen LogP contribution in [0.4, 0.5) is 17.1 Å². The van der Waals surface area contributed by atoms with Gasteiger partial charge in [0.15, 0.2) is 5.60 Å². The van der Waals surface area contributed by atoms with Crippen LogP contribution in [0.15, 0.2) is 66.7 Å². The second kappa shape index (κ2) is 19.6. The highest BCUT2D eigenvalue weighted by Gasteiger charge is 2.48. The molecule has 49 heavy (non-hydrogen) atoms. The van der Waals surface area contributed by atoms with E-state index in [2.05, 4.69) is 123 Å². The van der Waals surface area contributed by atoms with Gasteiger partial charge in [-0.15, -0.1) is 0 Å². The number of ether oxygens (including phenoxy) is 1. The second-order valence-electron chi connectivity index (χ2n) is 14.0. The van der Waals surface area contributed by atoms with E-state index in [-0.39, 0.29) is 5.97 Å². The van der Waals surface area contributed by atoms with Gasteiger partial charge >= 0.3 is 5.97 Å². The van der Waals surface area contributed by atoms with E-state index in [0.717, 1.165) is 87.3 Å². The van der Waals surface area contributed by atoms with Gasteiger partial charge in [-0.2, -0.15) is 0 Å². The van der Waals surface area contributed by atoms with Gasteiger partial charge in [0.25, 0.3) is 0 Å². The molecule has 0 N–H and O–H groups in total. The molecular weight excluding hydrogens is 603 g/mol. The lowest BCUT2D eigenvalue weighted by Gasteiger charge is -2.32. The van der Waals surface area contributed by atoms with Crippen molar-refractivity contribution in [3.8, 4) is 0 Å². The summed E-state index contributed by atoms with van der Waals surface area (Å²) < 4.78 is 6.66. The van der Waals surface area contributed by atoms with Gasteiger partial charge < -0.3 is 19.4 Å². The molecule has 0 fully saturated rings. The van der Waals surface area contributed by atoms with E-state index in [1.807, 2.05) is 0 Å². The normalized spacial score (nSPS) is 13.3. The van der Waals surface area contributed by atoms with Gasteiger partial charge in [-0.3, -0.25) is 0 Å². The van der Waals surface area contributed by atoms with Crippen LogP contribution >= 0.6 is 0 Å². The first-order chi connectivity index (χ1) is 24.0. The maximum Gasteiger partial charge on any atom is 0.340 e. The van der Waals surface area contributed by atoms with Crippen molar-refractivity contribution in [2.75, 3.05) is 54.0 Å². The summed E-state index contributed by atoms with van der Waals surface area (Å²) in [5, 5.41) is 0. The molecule has 5 heteroatoms. The Kier molecular flexibility index (Phi) is 15.4. The fourth-order valence-corrected chi connectivity index (χ4v) is 7.07. The van der Waals surface area contributed by atoms with E-state index < -0.39 is 5.60 Å². The van der Waals surface area contributed by atoms with Crippen molar-refractivity contribution < 1.29 is 9.53 Å². The van der Waals surface area contributed by atoms with E-state index in [1.165, 1.54) is 62.7 Å². The number of nitrogens with zero attached hydrogens (tertiary/aromatic N) is 3. The Labute approximate surface area is 299 Å². The van der Waals surface area contributed by atoms with Crippen molar-refractivity contribution in [1.82, 2.24) is 0 Å². The van der Waals surface area contributed by atoms with Crippen LogP contribution in [0.1, 0.15) is 146 Å². The van der Waals surface area contributed by atoms with Crippen LogP contribution in [0.5, 0.6) is 0 Å². The molecule has 0 amide bonds. The number of anilines is 3. The van der Waals surface area contributed by atoms with Crippen LogP contribution in [0, 0.1) is 0 Å². The lowest BCUT2D eigenvalue weighted by Crippen LogP contribution is -2.31. The van der Waals surface area contributed by atoms with E-state index in [9.17, 15) is 4.79 Å². The average molecular weight is 668 g/mol. The molecule has 0 radical (unpaired) electrons. The predicted octanol–water partition coefficient (Wildman–Crippen LogP) is 11.4. The van der Waals surface area contributed by atoms with Gasteiger partial charge in [-0.25, -0.2) is 4.79 Å². The fraction of sp³-hybridized carbons (Fsp3) is 0.568. The Bertz CT molecular complexity index is 1310. The van der Waals surface area contributed by atoms with Crippen LogP contribution in [0.25, 0.3) is 0 Å². The Morgan fingerprint density at radius 3 is 1.14 bits per heavy atom. The average Bonchev–Trinajstić information content (AvgIpc) is 3.44. The number of unbranched alkanes of at least 4 members (excludes halogenated alkanes) is 6. The highest BCUT2D eigenvalue weighted by atomic mass is 16.6. The molecule has 0 saturated carbocycles. The van der Waals surface area contributed by atoms with E-state index in [4.69, 9.17) is 4.74 Å². The van der Waals surface area contributed by atoms with Crippen LogP contribution < -0.4 is 14.7 Å². The summed E-state index contributed by atoms with van der Waals surface area (Å²) in [6.45, 7) is 19.7. The molecule has 0 bridgehead atoms. The Hall–Kier alpha value is -3.47. The smallest absolute Gasteiger partial charge is 0.340 e. The summed E-state index contributed by atoms with van der Waals surface area (Å²) in [4.78, 5) is 21.5. The molecule has 1 heterocycles. The molecule has 1 aliphatic rings. The Morgan fingerprint density at radius 2 is 0.796 bits per heavy atom. The first kappa shape index (κ1) is 38.3. The van der Waals surface area contributed by atoms with Crippen molar-refractivity contribution in [3.63, 3.8) is 0 Å². The lowest BCUT2D eigenvalue weighted by molar-refractivity contribution is 0.0251. The number of hydrogen-bond donors (Lipinski definition) is 0. The van der Waals surface area contributed by atoms with Gasteiger partial charge in [0, 0.05) is 73.0 Å². The topological polar surface area (TPSA) is 36.0 Å². The zero-order chi connectivity index (χ0) is 35.1. The summed E-state index contributed by atoms with van der Waals surface area (Å²) in [5.74, 6) is -0.240. The second-order valence-corrected chi connectivity index (χ2v) is 14.0. The van der Waals surface area contributed by atoms with Gasteiger partial charge in [0.05, 0.1) is 5.56 Å². The highest BCUT2D eigenvalue weighted by molar-refractivity contribution is 5.97. The third kappa shape index (κ3) is 9.41. The number of carbonyl (C=O) groups is 1. The molecule has 0 aromatic heterocycles. The summed E-state index contributed by atoms with van der Waals surface area (Å²) in [7, 11) is 0. The molecule has 1 aliphatic heterocycles. The highest BCUT2D eigenvalue weighted by Crippen LogP contribution is 2.48. The molecule has 3 aromatic carbocycles. The molecule has 0 unspecified atom stereocenters. The lowest BCUT2D eigenvalue weighted by atomic mass is 9.79. The third-order valence-corrected chi connectivity index (χ3v) is 10.2. The number of hydrogen-bond acceptors (Lipinski definition) is 5.